The van der Waals surface area contributed by atoms with Gasteiger partial charge in [0.15, 0.2) is 0 Å². The summed E-state index contributed by atoms with van der Waals surface area (Å²) >= 11 is 0. The van der Waals surface area contributed by atoms with Gasteiger partial charge in [-0.1, -0.05) is 0 Å². The number of nitrogens with one attached hydrogen (secondary N) is 2. The van der Waals surface area contributed by atoms with E-state index in [9.17, 15) is 4.79 Å². The zero-order chi connectivity index (χ0) is 16.0. The van der Waals surface area contributed by atoms with Crippen LogP contribution in [0.15, 0.2) is 0 Å². The number of hydrogen-bond donors (Lipinski definition) is 2. The number of likely N-dealkylation sites (tertiary alicyclic amines) is 1. The Morgan fingerprint density at radius 1 is 1.41 bits per heavy atom. The molecule has 0 radical (unpaired) electrons. The lowest BCUT2D eigenvalue weighted by Gasteiger charge is -2.42. The van der Waals surface area contributed by atoms with Gasteiger partial charge in [0.2, 0.25) is 5.91 Å². The molecule has 0 aromatic rings. The van der Waals surface area contributed by atoms with Crippen LogP contribution in [-0.2, 0) is 14.3 Å². The lowest BCUT2D eigenvalue weighted by molar-refractivity contribution is -0.123. The third-order valence-corrected chi connectivity index (χ3v) is 4.78. The number of piperidine rings is 1. The molecule has 22 heavy (non-hydrogen) atoms. The van der Waals surface area contributed by atoms with Crippen molar-refractivity contribution in [2.24, 2.45) is 0 Å². The quantitative estimate of drug-likeness (QED) is 0.742. The minimum absolute atomic E-state index is 0.0230. The number of nitrogens with zero attached hydrogens (tertiary/aromatic N) is 1. The van der Waals surface area contributed by atoms with Gasteiger partial charge in [-0.05, 0) is 26.7 Å². The molecule has 0 bridgehead atoms. The van der Waals surface area contributed by atoms with Crippen molar-refractivity contribution >= 4 is 5.91 Å². The summed E-state index contributed by atoms with van der Waals surface area (Å²) in [5, 5.41) is 6.40. The standard InChI is InChI=1S/C16H31N3O3/c1-16(2,19-7-4-14(21-3)5-8-19)12-18-15(20)10-13-11-22-9-6-17-13/h13-14,17H,4-12H2,1-3H3,(H,18,20). The molecule has 1 unspecified atom stereocenters. The Balaban J connectivity index is 1.71. The first kappa shape index (κ1) is 17.7. The van der Waals surface area contributed by atoms with Crippen LogP contribution in [0.1, 0.15) is 33.1 Å². The monoisotopic (exact) mass is 313 g/mol. The van der Waals surface area contributed by atoms with Crippen molar-refractivity contribution in [3.63, 3.8) is 0 Å². The number of morpholine rings is 1. The van der Waals surface area contributed by atoms with Crippen LogP contribution >= 0.6 is 0 Å². The van der Waals surface area contributed by atoms with Gasteiger partial charge in [-0.3, -0.25) is 9.69 Å². The maximum absolute atomic E-state index is 12.1. The number of ether oxygens (including phenoxy) is 2. The summed E-state index contributed by atoms with van der Waals surface area (Å²) in [6.07, 6.45) is 3.01. The molecule has 0 aromatic heterocycles. The highest BCUT2D eigenvalue weighted by Gasteiger charge is 2.31. The van der Waals surface area contributed by atoms with Crippen molar-refractivity contribution in [1.82, 2.24) is 15.5 Å². The average Bonchev–Trinajstić information content (AvgIpc) is 2.54. The zero-order valence-corrected chi connectivity index (χ0v) is 14.2. The van der Waals surface area contributed by atoms with Crippen molar-refractivity contribution in [1.29, 1.82) is 0 Å². The molecule has 0 aromatic carbocycles. The molecule has 1 atom stereocenters. The third kappa shape index (κ3) is 5.19. The van der Waals surface area contributed by atoms with Crippen LogP contribution in [0.3, 0.4) is 0 Å². The van der Waals surface area contributed by atoms with Gasteiger partial charge in [-0.25, -0.2) is 0 Å². The van der Waals surface area contributed by atoms with Crippen molar-refractivity contribution < 1.29 is 14.3 Å². The summed E-state index contributed by atoms with van der Waals surface area (Å²) in [7, 11) is 1.79. The van der Waals surface area contributed by atoms with Crippen molar-refractivity contribution in [2.45, 2.75) is 50.8 Å². The molecule has 6 heteroatoms. The number of carbonyl (C=O) groups excluding carboxylic acids is 1. The molecule has 6 nitrogen and oxygen atoms in total. The second-order valence-electron chi connectivity index (χ2n) is 6.94. The summed E-state index contributed by atoms with van der Waals surface area (Å²) in [6, 6.07) is 0.148. The van der Waals surface area contributed by atoms with Crippen LogP contribution < -0.4 is 10.6 Å². The molecule has 2 heterocycles. The molecule has 1 amide bonds. The Kier molecular flexibility index (Phi) is 6.62. The molecular weight excluding hydrogens is 282 g/mol. The van der Waals surface area contributed by atoms with Crippen molar-refractivity contribution in [2.75, 3.05) is 46.5 Å². The van der Waals surface area contributed by atoms with E-state index in [0.29, 0.717) is 25.7 Å². The summed E-state index contributed by atoms with van der Waals surface area (Å²) in [5.74, 6) is 0.0999. The molecule has 0 spiro atoms. The second-order valence-corrected chi connectivity index (χ2v) is 6.94. The van der Waals surface area contributed by atoms with Crippen LogP contribution in [0.2, 0.25) is 0 Å². The smallest absolute Gasteiger partial charge is 0.221 e. The summed E-state index contributed by atoms with van der Waals surface area (Å²) < 4.78 is 10.8. The molecule has 2 N–H and O–H groups in total. The van der Waals surface area contributed by atoms with Gasteiger partial charge in [0.05, 0.1) is 19.3 Å². The lowest BCUT2D eigenvalue weighted by atomic mass is 9.97. The van der Waals surface area contributed by atoms with E-state index in [2.05, 4.69) is 29.4 Å². The molecule has 128 valence electrons. The van der Waals surface area contributed by atoms with E-state index in [-0.39, 0.29) is 17.5 Å². The molecule has 2 rings (SSSR count). The first-order valence-corrected chi connectivity index (χ1v) is 8.37. The molecule has 2 aliphatic heterocycles. The number of carbonyl (C=O) groups is 1. The number of methoxy groups -OCH3 is 1. The highest BCUT2D eigenvalue weighted by atomic mass is 16.5. The normalized spacial score (nSPS) is 25.1. The highest BCUT2D eigenvalue weighted by molar-refractivity contribution is 5.76. The summed E-state index contributed by atoms with van der Waals surface area (Å²) in [4.78, 5) is 14.5. The highest BCUT2D eigenvalue weighted by Crippen LogP contribution is 2.21. The average molecular weight is 313 g/mol. The van der Waals surface area contributed by atoms with E-state index in [1.165, 1.54) is 0 Å². The Bertz CT molecular complexity index is 349. The van der Waals surface area contributed by atoms with Gasteiger partial charge in [0.1, 0.15) is 0 Å². The number of rotatable bonds is 6. The maximum atomic E-state index is 12.1. The molecule has 0 aliphatic carbocycles. The molecular formula is C16H31N3O3. The van der Waals surface area contributed by atoms with E-state index < -0.39 is 0 Å². The van der Waals surface area contributed by atoms with E-state index >= 15 is 0 Å². The zero-order valence-electron chi connectivity index (χ0n) is 14.2. The fourth-order valence-corrected chi connectivity index (χ4v) is 3.17. The first-order chi connectivity index (χ1) is 10.5. The predicted molar refractivity (Wildman–Crippen MR) is 85.9 cm³/mol. The summed E-state index contributed by atoms with van der Waals surface area (Å²) in [5.41, 5.74) is -0.0230. The van der Waals surface area contributed by atoms with Crippen LogP contribution in [0.4, 0.5) is 0 Å². The number of amides is 1. The molecule has 2 aliphatic rings. The van der Waals surface area contributed by atoms with E-state index in [1.54, 1.807) is 7.11 Å². The predicted octanol–water partition coefficient (Wildman–Crippen LogP) is 0.371. The topological polar surface area (TPSA) is 62.8 Å². The third-order valence-electron chi connectivity index (χ3n) is 4.78. The van der Waals surface area contributed by atoms with E-state index in [0.717, 1.165) is 39.1 Å². The van der Waals surface area contributed by atoms with E-state index in [1.807, 2.05) is 0 Å². The van der Waals surface area contributed by atoms with E-state index in [4.69, 9.17) is 9.47 Å². The van der Waals surface area contributed by atoms with Crippen molar-refractivity contribution in [3.8, 4) is 0 Å². The Morgan fingerprint density at radius 3 is 2.73 bits per heavy atom. The lowest BCUT2D eigenvalue weighted by Crippen LogP contribution is -2.55. The van der Waals surface area contributed by atoms with Crippen molar-refractivity contribution in [3.05, 3.63) is 0 Å². The fourth-order valence-electron chi connectivity index (χ4n) is 3.17. The van der Waals surface area contributed by atoms with Gasteiger partial charge < -0.3 is 20.1 Å². The van der Waals surface area contributed by atoms with Crippen LogP contribution in [0.5, 0.6) is 0 Å². The largest absolute Gasteiger partial charge is 0.381 e. The SMILES string of the molecule is COC1CCN(C(C)(C)CNC(=O)CC2COCCN2)CC1. The Labute approximate surface area is 133 Å². The van der Waals surface area contributed by atoms with Gasteiger partial charge in [-0.15, -0.1) is 0 Å². The van der Waals surface area contributed by atoms with Crippen LogP contribution in [-0.4, -0.2) is 75.0 Å². The van der Waals surface area contributed by atoms with Gasteiger partial charge in [0, 0.05) is 51.3 Å². The molecule has 0 saturated carbocycles. The van der Waals surface area contributed by atoms with Gasteiger partial charge in [0.25, 0.3) is 0 Å². The second kappa shape index (κ2) is 8.24. The molecule has 2 fully saturated rings. The fraction of sp³-hybridized carbons (Fsp3) is 0.938. The van der Waals surface area contributed by atoms with Gasteiger partial charge >= 0.3 is 0 Å². The maximum Gasteiger partial charge on any atom is 0.221 e. The first-order valence-electron chi connectivity index (χ1n) is 8.37. The minimum atomic E-state index is -0.0230. The summed E-state index contributed by atoms with van der Waals surface area (Å²) in [6.45, 7) is 9.32. The molecule has 2 saturated heterocycles. The Hall–Kier alpha value is -0.690. The number of hydrogen-bond acceptors (Lipinski definition) is 5. The van der Waals surface area contributed by atoms with Crippen LogP contribution in [0, 0.1) is 0 Å². The van der Waals surface area contributed by atoms with Gasteiger partial charge in [-0.2, -0.15) is 0 Å². The minimum Gasteiger partial charge on any atom is -0.381 e. The Morgan fingerprint density at radius 2 is 2.14 bits per heavy atom. The van der Waals surface area contributed by atoms with Crippen LogP contribution in [0.25, 0.3) is 0 Å².